The smallest absolute Gasteiger partial charge is 0.312 e. The summed E-state index contributed by atoms with van der Waals surface area (Å²) in [5.74, 6) is 0.605. The Balaban J connectivity index is 1.31. The maximum absolute atomic E-state index is 11.9. The minimum Gasteiger partial charge on any atom is -0.410 e. The van der Waals surface area contributed by atoms with Crippen molar-refractivity contribution in [2.75, 3.05) is 0 Å². The Hall–Kier alpha value is -3.02. The molecule has 0 radical (unpaired) electrons. The fourth-order valence-corrected chi connectivity index (χ4v) is 3.66. The number of hydrogen-bond donors (Lipinski definition) is 2. The van der Waals surface area contributed by atoms with E-state index >= 15 is 0 Å². The molecule has 2 aliphatic heterocycles. The lowest BCUT2D eigenvalue weighted by Gasteiger charge is -2.07. The molecule has 186 valence electrons. The second-order valence-corrected chi connectivity index (χ2v) is 8.53. The Bertz CT molecular complexity index is 724. The minimum absolute atomic E-state index is 0.178. The van der Waals surface area contributed by atoms with Crippen LogP contribution >= 0.6 is 0 Å². The van der Waals surface area contributed by atoms with E-state index in [9.17, 15) is 9.59 Å². The predicted octanol–water partition coefficient (Wildman–Crippen LogP) is 6.56. The molecule has 0 aromatic heterocycles. The van der Waals surface area contributed by atoms with Gasteiger partial charge in [0.25, 0.3) is 0 Å². The maximum Gasteiger partial charge on any atom is 0.312 e. The highest BCUT2D eigenvalue weighted by atomic mass is 16.6. The van der Waals surface area contributed by atoms with Gasteiger partial charge >= 0.3 is 11.9 Å². The van der Waals surface area contributed by atoms with Crippen molar-refractivity contribution < 1.29 is 19.1 Å². The highest BCUT2D eigenvalue weighted by molar-refractivity contribution is 5.71. The van der Waals surface area contributed by atoms with Crippen molar-refractivity contribution >= 4 is 11.9 Å². The van der Waals surface area contributed by atoms with Crippen LogP contribution in [0, 0.1) is 0 Å². The number of ether oxygens (including phenoxy) is 2. The van der Waals surface area contributed by atoms with Crippen molar-refractivity contribution in [2.45, 2.75) is 89.9 Å². The number of unbranched alkanes of at least 4 members (excludes halogenated alkanes) is 11. The molecule has 0 spiro atoms. The number of allylic oxidation sites excluding steroid dienone is 8. The van der Waals surface area contributed by atoms with E-state index < -0.39 is 0 Å². The van der Waals surface area contributed by atoms with Gasteiger partial charge in [0, 0.05) is 25.2 Å². The largest absolute Gasteiger partial charge is 0.410 e. The molecule has 2 heterocycles. The molecule has 6 nitrogen and oxygen atoms in total. The molecule has 0 saturated carbocycles. The second kappa shape index (κ2) is 18.4. The van der Waals surface area contributed by atoms with Gasteiger partial charge in [0.05, 0.1) is 0 Å². The molecular weight excluding hydrogens is 428 g/mol. The van der Waals surface area contributed by atoms with Crippen LogP contribution in [0.25, 0.3) is 0 Å². The molecule has 6 heteroatoms. The van der Waals surface area contributed by atoms with E-state index in [4.69, 9.17) is 9.47 Å². The fourth-order valence-electron chi connectivity index (χ4n) is 3.66. The van der Waals surface area contributed by atoms with Crippen LogP contribution in [0.3, 0.4) is 0 Å². The zero-order chi connectivity index (χ0) is 24.1. The van der Waals surface area contributed by atoms with E-state index in [2.05, 4.69) is 10.6 Å². The van der Waals surface area contributed by atoms with Crippen LogP contribution in [-0.2, 0) is 19.1 Å². The Kier molecular flexibility index (Phi) is 14.7. The number of hydrogen-bond acceptors (Lipinski definition) is 6. The van der Waals surface area contributed by atoms with Gasteiger partial charge in [-0.1, -0.05) is 88.5 Å². The summed E-state index contributed by atoms with van der Waals surface area (Å²) in [7, 11) is 0. The normalized spacial score (nSPS) is 14.4. The molecular formula is C28H40N2O4. The Morgan fingerprint density at radius 3 is 1.24 bits per heavy atom. The average Bonchev–Trinajstić information content (AvgIpc) is 3.24. The van der Waals surface area contributed by atoms with Crippen molar-refractivity contribution in [1.82, 2.24) is 10.6 Å². The molecule has 2 rings (SSSR count). The fraction of sp³-hybridized carbons (Fsp3) is 0.500. The monoisotopic (exact) mass is 468 g/mol. The van der Waals surface area contributed by atoms with Gasteiger partial charge in [-0.05, 0) is 37.1 Å². The molecule has 2 aliphatic rings. The molecule has 0 atom stereocenters. The zero-order valence-electron chi connectivity index (χ0n) is 20.3. The lowest BCUT2D eigenvalue weighted by Crippen LogP contribution is -2.13. The molecule has 0 amide bonds. The summed E-state index contributed by atoms with van der Waals surface area (Å²) in [6.07, 6.45) is 32.9. The summed E-state index contributed by atoms with van der Waals surface area (Å²) in [4.78, 5) is 23.7. The van der Waals surface area contributed by atoms with Crippen LogP contribution in [0.5, 0.6) is 0 Å². The molecule has 34 heavy (non-hydrogen) atoms. The molecule has 0 unspecified atom stereocenters. The summed E-state index contributed by atoms with van der Waals surface area (Å²) in [5, 5.41) is 5.86. The molecule has 0 bridgehead atoms. The van der Waals surface area contributed by atoms with Crippen LogP contribution in [0.4, 0.5) is 0 Å². The number of rotatable bonds is 17. The summed E-state index contributed by atoms with van der Waals surface area (Å²) in [5.41, 5.74) is 0. The number of nitrogens with one attached hydrogen (secondary N) is 2. The number of esters is 2. The topological polar surface area (TPSA) is 76.7 Å². The van der Waals surface area contributed by atoms with Crippen LogP contribution < -0.4 is 10.6 Å². The van der Waals surface area contributed by atoms with Gasteiger partial charge in [0.2, 0.25) is 11.8 Å². The third kappa shape index (κ3) is 14.2. The highest BCUT2D eigenvalue weighted by Gasteiger charge is 2.07. The van der Waals surface area contributed by atoms with Crippen molar-refractivity contribution in [3.63, 3.8) is 0 Å². The molecule has 2 N–H and O–H groups in total. The van der Waals surface area contributed by atoms with Gasteiger partial charge < -0.3 is 20.1 Å². The summed E-state index contributed by atoms with van der Waals surface area (Å²) < 4.78 is 10.6. The van der Waals surface area contributed by atoms with Gasteiger partial charge in [0.1, 0.15) is 0 Å². The van der Waals surface area contributed by atoms with Gasteiger partial charge in [0.15, 0.2) is 0 Å². The highest BCUT2D eigenvalue weighted by Crippen LogP contribution is 2.14. The minimum atomic E-state index is -0.178. The van der Waals surface area contributed by atoms with Crippen LogP contribution in [-0.4, -0.2) is 11.9 Å². The third-order valence-electron chi connectivity index (χ3n) is 5.54. The summed E-state index contributed by atoms with van der Waals surface area (Å²) >= 11 is 0. The van der Waals surface area contributed by atoms with Crippen LogP contribution in [0.15, 0.2) is 72.8 Å². The second-order valence-electron chi connectivity index (χ2n) is 8.53. The Labute approximate surface area is 204 Å². The van der Waals surface area contributed by atoms with Gasteiger partial charge in [-0.25, -0.2) is 0 Å². The Morgan fingerprint density at radius 2 is 0.853 bits per heavy atom. The first-order valence-corrected chi connectivity index (χ1v) is 12.8. The first-order chi connectivity index (χ1) is 16.7. The van der Waals surface area contributed by atoms with E-state index in [1.54, 1.807) is 24.6 Å². The summed E-state index contributed by atoms with van der Waals surface area (Å²) in [6, 6.07) is 0. The van der Waals surface area contributed by atoms with Gasteiger partial charge in [-0.2, -0.15) is 0 Å². The van der Waals surface area contributed by atoms with Crippen molar-refractivity contribution in [2.24, 2.45) is 0 Å². The Morgan fingerprint density at radius 1 is 0.500 bits per heavy atom. The van der Waals surface area contributed by atoms with Crippen molar-refractivity contribution in [1.29, 1.82) is 0 Å². The summed E-state index contributed by atoms with van der Waals surface area (Å²) in [6.45, 7) is 0. The quantitative estimate of drug-likeness (QED) is 0.186. The van der Waals surface area contributed by atoms with E-state index in [0.717, 1.165) is 25.7 Å². The average molecular weight is 469 g/mol. The molecule has 0 aromatic rings. The lowest BCUT2D eigenvalue weighted by atomic mass is 10.0. The van der Waals surface area contributed by atoms with E-state index in [0.29, 0.717) is 24.6 Å². The maximum atomic E-state index is 11.9. The van der Waals surface area contributed by atoms with Gasteiger partial charge in [-0.3, -0.25) is 9.59 Å². The lowest BCUT2D eigenvalue weighted by molar-refractivity contribution is -0.141. The number of carbonyl (C=O) groups excluding carboxylic acids is 2. The standard InChI is InChI=1S/C28H40N2O4/c31-27(33-25-19-13-11-17-23-29-25)21-15-9-7-5-3-1-2-4-6-8-10-16-22-28(32)34-26-20-14-12-18-24-30-26/h11-14,17-20,23-24,29-30H,1-10,15-16,21-22H2. The van der Waals surface area contributed by atoms with Crippen molar-refractivity contribution in [3.05, 3.63) is 72.8 Å². The molecule has 0 saturated heterocycles. The van der Waals surface area contributed by atoms with Gasteiger partial charge in [-0.15, -0.1) is 0 Å². The third-order valence-corrected chi connectivity index (χ3v) is 5.54. The zero-order valence-corrected chi connectivity index (χ0v) is 20.3. The molecule has 0 fully saturated rings. The molecule has 0 aliphatic carbocycles. The SMILES string of the molecule is O=C(CCCCCCCCCCCCCCC(=O)OC1=CC=CC=CN1)OC1=CC=CC=CN1. The molecule has 0 aromatic carbocycles. The van der Waals surface area contributed by atoms with E-state index in [1.165, 1.54) is 51.4 Å². The van der Waals surface area contributed by atoms with E-state index in [1.807, 2.05) is 36.5 Å². The van der Waals surface area contributed by atoms with Crippen molar-refractivity contribution in [3.8, 4) is 0 Å². The number of carbonyl (C=O) groups is 2. The van der Waals surface area contributed by atoms with E-state index in [-0.39, 0.29) is 11.9 Å². The predicted molar refractivity (Wildman–Crippen MR) is 136 cm³/mol. The van der Waals surface area contributed by atoms with Crippen LogP contribution in [0.1, 0.15) is 89.9 Å². The first kappa shape index (κ1) is 27.2. The first-order valence-electron chi connectivity index (χ1n) is 12.8. The van der Waals surface area contributed by atoms with Crippen LogP contribution in [0.2, 0.25) is 0 Å².